The highest BCUT2D eigenvalue weighted by Gasteiger charge is 2.16. The molecule has 0 aliphatic heterocycles. The number of hydrogen-bond donors (Lipinski definition) is 2. The molecule has 0 unspecified atom stereocenters. The number of rotatable bonds is 6. The molecule has 0 aliphatic carbocycles. The second-order valence-electron chi connectivity index (χ2n) is 4.78. The van der Waals surface area contributed by atoms with E-state index >= 15 is 0 Å². The summed E-state index contributed by atoms with van der Waals surface area (Å²) in [5, 5.41) is 5.95. The van der Waals surface area contributed by atoms with Crippen LogP contribution in [0, 0.1) is 0 Å². The van der Waals surface area contributed by atoms with Gasteiger partial charge in [0.15, 0.2) is 0 Å². The van der Waals surface area contributed by atoms with E-state index in [9.17, 15) is 4.79 Å². The lowest BCUT2D eigenvalue weighted by Gasteiger charge is -2.19. The highest BCUT2D eigenvalue weighted by molar-refractivity contribution is 6.33. The number of hydrogen-bond acceptors (Lipinski definition) is 3. The van der Waals surface area contributed by atoms with E-state index in [1.807, 2.05) is 24.3 Å². The molecule has 2 amide bonds. The Kier molecular flexibility index (Phi) is 6.26. The van der Waals surface area contributed by atoms with Gasteiger partial charge >= 0.3 is 6.03 Å². The number of carbonyl (C=O) groups excluding carboxylic acids is 1. The van der Waals surface area contributed by atoms with Crippen molar-refractivity contribution in [1.29, 1.82) is 0 Å². The van der Waals surface area contributed by atoms with Crippen LogP contribution in [-0.4, -0.2) is 26.8 Å². The summed E-state index contributed by atoms with van der Waals surface area (Å²) in [6.45, 7) is 0.299. The Labute approximate surface area is 140 Å². The topological polar surface area (TPSA) is 59.6 Å². The number of halogens is 1. The monoisotopic (exact) mass is 334 g/mol. The maximum absolute atomic E-state index is 12.0. The third-order valence-corrected chi connectivity index (χ3v) is 3.67. The number of amides is 2. The SMILES string of the molecule is COc1ccccc1[C@H](CNC(=O)Nc1ccccc1Cl)OC. The number of carbonyl (C=O) groups is 1. The van der Waals surface area contributed by atoms with E-state index in [1.54, 1.807) is 38.5 Å². The third-order valence-electron chi connectivity index (χ3n) is 3.34. The fraction of sp³-hybridized carbons (Fsp3) is 0.235. The highest BCUT2D eigenvalue weighted by Crippen LogP contribution is 2.26. The summed E-state index contributed by atoms with van der Waals surface area (Å²) in [6, 6.07) is 14.2. The lowest BCUT2D eigenvalue weighted by molar-refractivity contribution is 0.102. The largest absolute Gasteiger partial charge is 0.496 e. The van der Waals surface area contributed by atoms with Crippen molar-refractivity contribution in [3.05, 3.63) is 59.1 Å². The van der Waals surface area contributed by atoms with Gasteiger partial charge in [0.1, 0.15) is 11.9 Å². The minimum absolute atomic E-state index is 0.299. The van der Waals surface area contributed by atoms with Crippen LogP contribution < -0.4 is 15.4 Å². The van der Waals surface area contributed by atoms with Gasteiger partial charge in [0, 0.05) is 19.2 Å². The van der Waals surface area contributed by atoms with E-state index in [-0.39, 0.29) is 12.1 Å². The summed E-state index contributed by atoms with van der Waals surface area (Å²) >= 11 is 6.01. The lowest BCUT2D eigenvalue weighted by Crippen LogP contribution is -2.33. The zero-order valence-electron chi connectivity index (χ0n) is 13.0. The van der Waals surface area contributed by atoms with Crippen molar-refractivity contribution >= 4 is 23.3 Å². The van der Waals surface area contributed by atoms with Crippen LogP contribution in [0.15, 0.2) is 48.5 Å². The Bertz CT molecular complexity index is 664. The van der Waals surface area contributed by atoms with Gasteiger partial charge in [-0.2, -0.15) is 0 Å². The van der Waals surface area contributed by atoms with E-state index in [0.29, 0.717) is 23.0 Å². The lowest BCUT2D eigenvalue weighted by atomic mass is 10.1. The minimum atomic E-state index is -0.352. The average Bonchev–Trinajstić information content (AvgIpc) is 2.58. The first-order valence-electron chi connectivity index (χ1n) is 7.10. The molecule has 0 spiro atoms. The van der Waals surface area contributed by atoms with E-state index < -0.39 is 0 Å². The van der Waals surface area contributed by atoms with Crippen molar-refractivity contribution in [2.24, 2.45) is 0 Å². The number of anilines is 1. The maximum atomic E-state index is 12.0. The van der Waals surface area contributed by atoms with E-state index in [4.69, 9.17) is 21.1 Å². The summed E-state index contributed by atoms with van der Waals surface area (Å²) in [5.41, 5.74) is 1.42. The zero-order chi connectivity index (χ0) is 16.7. The Hall–Kier alpha value is -2.24. The van der Waals surface area contributed by atoms with Crippen LogP contribution >= 0.6 is 11.6 Å². The van der Waals surface area contributed by atoms with Gasteiger partial charge in [0.05, 0.1) is 17.8 Å². The summed E-state index contributed by atoms with van der Waals surface area (Å²) in [5.74, 6) is 0.715. The van der Waals surface area contributed by atoms with Gasteiger partial charge in [-0.3, -0.25) is 0 Å². The molecule has 0 saturated carbocycles. The molecular formula is C17H19ClN2O3. The second-order valence-corrected chi connectivity index (χ2v) is 5.19. The molecular weight excluding hydrogens is 316 g/mol. The Morgan fingerprint density at radius 2 is 1.83 bits per heavy atom. The van der Waals surface area contributed by atoms with Crippen LogP contribution in [0.5, 0.6) is 5.75 Å². The fourth-order valence-corrected chi connectivity index (χ4v) is 2.35. The summed E-state index contributed by atoms with van der Waals surface area (Å²) < 4.78 is 10.8. The molecule has 2 aromatic rings. The molecule has 122 valence electrons. The first kappa shape index (κ1) is 17.1. The number of urea groups is 1. The van der Waals surface area contributed by atoms with Crippen molar-refractivity contribution in [1.82, 2.24) is 5.32 Å². The molecule has 0 radical (unpaired) electrons. The van der Waals surface area contributed by atoms with Crippen LogP contribution in [0.3, 0.4) is 0 Å². The molecule has 1 atom stereocenters. The predicted molar refractivity (Wildman–Crippen MR) is 91.2 cm³/mol. The molecule has 2 aromatic carbocycles. The van der Waals surface area contributed by atoms with Gasteiger partial charge in [-0.05, 0) is 18.2 Å². The molecule has 0 fully saturated rings. The molecule has 0 heterocycles. The van der Waals surface area contributed by atoms with Crippen LogP contribution in [0.2, 0.25) is 5.02 Å². The van der Waals surface area contributed by atoms with Gasteiger partial charge in [0.2, 0.25) is 0 Å². The maximum Gasteiger partial charge on any atom is 0.319 e. The van der Waals surface area contributed by atoms with E-state index in [2.05, 4.69) is 10.6 Å². The molecule has 2 rings (SSSR count). The summed E-state index contributed by atoms with van der Waals surface area (Å²) in [4.78, 5) is 12.0. The molecule has 0 aromatic heterocycles. The highest BCUT2D eigenvalue weighted by atomic mass is 35.5. The number of para-hydroxylation sites is 2. The second kappa shape index (κ2) is 8.41. The van der Waals surface area contributed by atoms with Crippen molar-refractivity contribution in [3.8, 4) is 5.75 Å². The predicted octanol–water partition coefficient (Wildman–Crippen LogP) is 3.86. The van der Waals surface area contributed by atoms with Crippen molar-refractivity contribution in [3.63, 3.8) is 0 Å². The van der Waals surface area contributed by atoms with Crippen LogP contribution in [-0.2, 0) is 4.74 Å². The normalized spacial score (nSPS) is 11.6. The molecule has 0 saturated heterocycles. The third kappa shape index (κ3) is 4.61. The minimum Gasteiger partial charge on any atom is -0.496 e. The number of nitrogens with one attached hydrogen (secondary N) is 2. The van der Waals surface area contributed by atoms with Crippen LogP contribution in [0.1, 0.15) is 11.7 Å². The summed E-state index contributed by atoms with van der Waals surface area (Å²) in [7, 11) is 3.19. The molecule has 5 nitrogen and oxygen atoms in total. The van der Waals surface area contributed by atoms with E-state index in [1.165, 1.54) is 0 Å². The Morgan fingerprint density at radius 3 is 2.52 bits per heavy atom. The summed E-state index contributed by atoms with van der Waals surface area (Å²) in [6.07, 6.45) is -0.317. The van der Waals surface area contributed by atoms with Crippen molar-refractivity contribution in [2.45, 2.75) is 6.10 Å². The fourth-order valence-electron chi connectivity index (χ4n) is 2.17. The zero-order valence-corrected chi connectivity index (χ0v) is 13.8. The van der Waals surface area contributed by atoms with Crippen molar-refractivity contribution < 1.29 is 14.3 Å². The Balaban J connectivity index is 1.98. The molecule has 23 heavy (non-hydrogen) atoms. The smallest absolute Gasteiger partial charge is 0.319 e. The standard InChI is InChI=1S/C17H19ClN2O3/c1-22-15-10-6-3-7-12(15)16(23-2)11-19-17(21)20-14-9-5-4-8-13(14)18/h3-10,16H,11H2,1-2H3,(H2,19,20,21)/t16-/m0/s1. The first-order chi connectivity index (χ1) is 11.2. The molecule has 6 heteroatoms. The van der Waals surface area contributed by atoms with Gasteiger partial charge in [-0.1, -0.05) is 41.9 Å². The Morgan fingerprint density at radius 1 is 1.13 bits per heavy atom. The van der Waals surface area contributed by atoms with Crippen LogP contribution in [0.4, 0.5) is 10.5 Å². The number of benzene rings is 2. The molecule has 0 bridgehead atoms. The quantitative estimate of drug-likeness (QED) is 0.843. The number of methoxy groups -OCH3 is 2. The number of ether oxygens (including phenoxy) is 2. The van der Waals surface area contributed by atoms with Gasteiger partial charge < -0.3 is 20.1 Å². The van der Waals surface area contributed by atoms with E-state index in [0.717, 1.165) is 5.56 Å². The van der Waals surface area contributed by atoms with Gasteiger partial charge in [-0.25, -0.2) is 4.79 Å². The first-order valence-corrected chi connectivity index (χ1v) is 7.48. The molecule has 0 aliphatic rings. The van der Waals surface area contributed by atoms with Crippen LogP contribution in [0.25, 0.3) is 0 Å². The van der Waals surface area contributed by atoms with Gasteiger partial charge in [0.25, 0.3) is 0 Å². The average molecular weight is 335 g/mol. The van der Waals surface area contributed by atoms with Gasteiger partial charge in [-0.15, -0.1) is 0 Å². The molecule has 2 N–H and O–H groups in total. The van der Waals surface area contributed by atoms with Crippen molar-refractivity contribution in [2.75, 3.05) is 26.1 Å².